The highest BCUT2D eigenvalue weighted by molar-refractivity contribution is 7.90. The summed E-state index contributed by atoms with van der Waals surface area (Å²) in [5.41, 5.74) is 0.983. The molecule has 0 saturated heterocycles. The second-order valence-corrected chi connectivity index (χ2v) is 7.15. The van der Waals surface area contributed by atoms with Crippen LogP contribution in [0.2, 0.25) is 0 Å². The van der Waals surface area contributed by atoms with Crippen molar-refractivity contribution in [1.82, 2.24) is 14.6 Å². The summed E-state index contributed by atoms with van der Waals surface area (Å²) in [5, 5.41) is 17.2. The Morgan fingerprint density at radius 2 is 2.04 bits per heavy atom. The van der Waals surface area contributed by atoms with Gasteiger partial charge in [-0.3, -0.25) is 15.3 Å². The Morgan fingerprint density at radius 3 is 2.65 bits per heavy atom. The maximum absolute atomic E-state index is 12.3. The van der Waals surface area contributed by atoms with E-state index in [9.17, 15) is 18.5 Å². The SMILES string of the molecule is Cc1ccc(S(=O)(=O)NC(=O)Nc2c(C#N)cnn2N2C=NCC2)cc1. The molecule has 10 nitrogen and oxygen atoms in total. The lowest BCUT2D eigenvalue weighted by Gasteiger charge is -2.17. The first-order chi connectivity index (χ1) is 12.4. The van der Waals surface area contributed by atoms with Crippen LogP contribution in [0.5, 0.6) is 0 Å². The number of sulfonamides is 1. The highest BCUT2D eigenvalue weighted by atomic mass is 32.2. The Kier molecular flexibility index (Phi) is 4.59. The third-order valence-corrected chi connectivity index (χ3v) is 4.93. The number of rotatable bonds is 4. The van der Waals surface area contributed by atoms with Gasteiger partial charge in [-0.25, -0.2) is 17.9 Å². The summed E-state index contributed by atoms with van der Waals surface area (Å²) in [6.45, 7) is 2.89. The summed E-state index contributed by atoms with van der Waals surface area (Å²) < 4.78 is 26.5. The number of aryl methyl sites for hydroxylation is 1. The molecule has 2 heterocycles. The molecule has 3 rings (SSSR count). The van der Waals surface area contributed by atoms with E-state index in [0.29, 0.717) is 13.1 Å². The molecule has 26 heavy (non-hydrogen) atoms. The van der Waals surface area contributed by atoms with E-state index in [2.05, 4.69) is 15.4 Å². The number of nitrogens with zero attached hydrogens (tertiary/aromatic N) is 5. The highest BCUT2D eigenvalue weighted by Gasteiger charge is 2.22. The Balaban J connectivity index is 1.80. The molecule has 134 valence electrons. The van der Waals surface area contributed by atoms with Crippen molar-refractivity contribution in [2.75, 3.05) is 23.4 Å². The molecule has 2 aromatic rings. The van der Waals surface area contributed by atoms with E-state index in [1.54, 1.807) is 17.1 Å². The van der Waals surface area contributed by atoms with Gasteiger partial charge in [-0.15, -0.1) is 0 Å². The van der Waals surface area contributed by atoms with Gasteiger partial charge < -0.3 is 0 Å². The molecule has 0 atom stereocenters. The zero-order chi connectivity index (χ0) is 18.7. The summed E-state index contributed by atoms with van der Waals surface area (Å²) >= 11 is 0. The molecule has 0 fully saturated rings. The number of urea groups is 1. The number of aliphatic imine (C=N–C) groups is 1. The second-order valence-electron chi connectivity index (χ2n) is 5.47. The molecule has 1 aromatic heterocycles. The van der Waals surface area contributed by atoms with Crippen molar-refractivity contribution in [1.29, 1.82) is 5.26 Å². The first kappa shape index (κ1) is 17.4. The molecular weight excluding hydrogens is 358 g/mol. The number of benzene rings is 1. The van der Waals surface area contributed by atoms with Crippen molar-refractivity contribution in [3.63, 3.8) is 0 Å². The number of hydrogen-bond acceptors (Lipinski definition) is 7. The average Bonchev–Trinajstić information content (AvgIpc) is 3.23. The third-order valence-electron chi connectivity index (χ3n) is 3.58. The number of nitriles is 1. The summed E-state index contributed by atoms with van der Waals surface area (Å²) in [5.74, 6) is 0.0532. The summed E-state index contributed by atoms with van der Waals surface area (Å²) in [7, 11) is -4.05. The largest absolute Gasteiger partial charge is 0.334 e. The molecule has 0 saturated carbocycles. The zero-order valence-electron chi connectivity index (χ0n) is 13.7. The van der Waals surface area contributed by atoms with E-state index in [4.69, 9.17) is 0 Å². The fraction of sp³-hybridized carbons (Fsp3) is 0.200. The van der Waals surface area contributed by atoms with Crippen LogP contribution in [-0.2, 0) is 10.0 Å². The topological polar surface area (TPSA) is 132 Å². The lowest BCUT2D eigenvalue weighted by molar-refractivity contribution is 0.256. The van der Waals surface area contributed by atoms with Crippen molar-refractivity contribution in [2.45, 2.75) is 11.8 Å². The van der Waals surface area contributed by atoms with Crippen LogP contribution in [0, 0.1) is 18.3 Å². The van der Waals surface area contributed by atoms with Crippen LogP contribution < -0.4 is 15.0 Å². The normalized spacial score (nSPS) is 13.5. The van der Waals surface area contributed by atoms with Crippen LogP contribution in [0.1, 0.15) is 11.1 Å². The van der Waals surface area contributed by atoms with Crippen molar-refractivity contribution < 1.29 is 13.2 Å². The fourth-order valence-electron chi connectivity index (χ4n) is 2.28. The average molecular weight is 373 g/mol. The number of carbonyl (C=O) groups is 1. The molecule has 1 aliphatic rings. The number of hydrogen-bond donors (Lipinski definition) is 2. The Labute approximate surface area is 149 Å². The lowest BCUT2D eigenvalue weighted by atomic mass is 10.2. The van der Waals surface area contributed by atoms with E-state index < -0.39 is 16.1 Å². The number of anilines is 1. The number of amides is 2. The first-order valence-electron chi connectivity index (χ1n) is 7.56. The predicted molar refractivity (Wildman–Crippen MR) is 93.9 cm³/mol. The van der Waals surface area contributed by atoms with Crippen LogP contribution in [0.4, 0.5) is 10.6 Å². The zero-order valence-corrected chi connectivity index (χ0v) is 14.6. The summed E-state index contributed by atoms with van der Waals surface area (Å²) in [4.78, 5) is 17.5. The van der Waals surface area contributed by atoms with Gasteiger partial charge in [-0.1, -0.05) is 17.7 Å². The van der Waals surface area contributed by atoms with Crippen molar-refractivity contribution in [2.24, 2.45) is 4.99 Å². The van der Waals surface area contributed by atoms with Gasteiger partial charge in [-0.05, 0) is 19.1 Å². The molecule has 2 N–H and O–H groups in total. The van der Waals surface area contributed by atoms with E-state index in [-0.39, 0.29) is 16.3 Å². The van der Waals surface area contributed by atoms with Crippen LogP contribution in [0.15, 0.2) is 40.4 Å². The quantitative estimate of drug-likeness (QED) is 0.804. The van der Waals surface area contributed by atoms with Gasteiger partial charge in [0.2, 0.25) is 0 Å². The van der Waals surface area contributed by atoms with Crippen molar-refractivity contribution in [3.05, 3.63) is 41.6 Å². The minimum atomic E-state index is -4.05. The van der Waals surface area contributed by atoms with E-state index in [1.807, 2.05) is 17.7 Å². The molecule has 0 radical (unpaired) electrons. The second kappa shape index (κ2) is 6.85. The van der Waals surface area contributed by atoms with Crippen LogP contribution >= 0.6 is 0 Å². The molecule has 0 spiro atoms. The van der Waals surface area contributed by atoms with Crippen LogP contribution in [0.3, 0.4) is 0 Å². The van der Waals surface area contributed by atoms with Gasteiger partial charge in [0.25, 0.3) is 10.0 Å². The van der Waals surface area contributed by atoms with Crippen LogP contribution in [-0.4, -0.2) is 43.8 Å². The monoisotopic (exact) mass is 373 g/mol. The number of nitrogens with one attached hydrogen (secondary N) is 2. The fourth-order valence-corrected chi connectivity index (χ4v) is 3.19. The van der Waals surface area contributed by atoms with Crippen molar-refractivity contribution in [3.8, 4) is 6.07 Å². The Morgan fingerprint density at radius 1 is 1.31 bits per heavy atom. The Hall–Kier alpha value is -3.39. The molecule has 1 aromatic carbocycles. The molecule has 2 amide bonds. The van der Waals surface area contributed by atoms with E-state index in [0.717, 1.165) is 5.56 Å². The first-order valence-corrected chi connectivity index (χ1v) is 9.04. The van der Waals surface area contributed by atoms with Gasteiger partial charge in [0.15, 0.2) is 5.82 Å². The van der Waals surface area contributed by atoms with Gasteiger partial charge in [0.1, 0.15) is 18.0 Å². The maximum atomic E-state index is 12.3. The van der Waals surface area contributed by atoms with Gasteiger partial charge in [-0.2, -0.15) is 15.2 Å². The smallest absolute Gasteiger partial charge is 0.289 e. The van der Waals surface area contributed by atoms with E-state index in [1.165, 1.54) is 29.5 Å². The highest BCUT2D eigenvalue weighted by Crippen LogP contribution is 2.16. The molecule has 1 aliphatic heterocycles. The minimum Gasteiger partial charge on any atom is -0.289 e. The van der Waals surface area contributed by atoms with Gasteiger partial charge in [0, 0.05) is 0 Å². The minimum absolute atomic E-state index is 0.0426. The van der Waals surface area contributed by atoms with Crippen LogP contribution in [0.25, 0.3) is 0 Å². The van der Waals surface area contributed by atoms with Crippen molar-refractivity contribution >= 4 is 28.2 Å². The lowest BCUT2D eigenvalue weighted by Crippen LogP contribution is -2.38. The summed E-state index contributed by atoms with van der Waals surface area (Å²) in [6, 6.07) is 6.95. The molecule has 11 heteroatoms. The molecule has 0 unspecified atom stereocenters. The molecule has 0 bridgehead atoms. The molecular formula is C15H15N7O3S. The number of aromatic nitrogens is 2. The Bertz CT molecular complexity index is 1000. The standard InChI is InChI=1S/C15H15N7O3S/c1-11-2-4-13(5-3-11)26(24,25)20-15(23)19-14-12(8-16)9-18-22(14)21-7-6-17-10-21/h2-5,9-10H,6-7H2,1H3,(H2,19,20,23). The summed E-state index contributed by atoms with van der Waals surface area (Å²) in [6.07, 6.45) is 2.79. The maximum Gasteiger partial charge on any atom is 0.334 e. The van der Waals surface area contributed by atoms with E-state index >= 15 is 0 Å². The third kappa shape index (κ3) is 3.50. The van der Waals surface area contributed by atoms with Gasteiger partial charge >= 0.3 is 6.03 Å². The predicted octanol–water partition coefficient (Wildman–Crippen LogP) is 0.553. The van der Waals surface area contributed by atoms with Gasteiger partial charge in [0.05, 0.1) is 24.2 Å². The molecule has 0 aliphatic carbocycles. The number of carbonyl (C=O) groups excluding carboxylic acids is 1.